The third-order valence-corrected chi connectivity index (χ3v) is 4.17. The fourth-order valence-corrected chi connectivity index (χ4v) is 1.93. The number of benzene rings is 1. The van der Waals surface area contributed by atoms with Crippen LogP contribution >= 0.6 is 0 Å². The third kappa shape index (κ3) is 4.14. The average Bonchev–Trinajstić information content (AvgIpc) is 2.31. The van der Waals surface area contributed by atoms with Crippen LogP contribution in [0.5, 0.6) is 5.75 Å². The Morgan fingerprint density at radius 3 is 2.78 bits per heavy atom. The maximum absolute atomic E-state index is 11.8. The van der Waals surface area contributed by atoms with Crippen LogP contribution in [-0.4, -0.2) is 33.3 Å². The first kappa shape index (κ1) is 14.7. The van der Waals surface area contributed by atoms with Gasteiger partial charge >= 0.3 is 0 Å². The molecule has 0 aliphatic heterocycles. The van der Waals surface area contributed by atoms with Gasteiger partial charge in [0.1, 0.15) is 5.75 Å². The number of phenolic OH excluding ortho intramolecular Hbond substituents is 1. The minimum atomic E-state index is -0.878. The summed E-state index contributed by atoms with van der Waals surface area (Å²) in [5.41, 5.74) is 1.20. The zero-order chi connectivity index (χ0) is 13.7. The minimum Gasteiger partial charge on any atom is -0.507 e. The van der Waals surface area contributed by atoms with E-state index < -0.39 is 10.8 Å². The van der Waals surface area contributed by atoms with Gasteiger partial charge in [-0.3, -0.25) is 9.00 Å². The van der Waals surface area contributed by atoms with Crippen molar-refractivity contribution in [2.45, 2.75) is 25.5 Å². The third-order valence-electron chi connectivity index (χ3n) is 2.80. The molecule has 0 heterocycles. The summed E-state index contributed by atoms with van der Waals surface area (Å²) in [6.07, 6.45) is 2.31. The molecule has 0 radical (unpaired) electrons. The first-order valence-electron chi connectivity index (χ1n) is 5.82. The lowest BCUT2D eigenvalue weighted by Gasteiger charge is -2.10. The second kappa shape index (κ2) is 6.54. The minimum absolute atomic E-state index is 0.0229. The zero-order valence-corrected chi connectivity index (χ0v) is 11.7. The van der Waals surface area contributed by atoms with E-state index in [0.717, 1.165) is 5.56 Å². The van der Waals surface area contributed by atoms with Crippen LogP contribution in [0.25, 0.3) is 0 Å². The van der Waals surface area contributed by atoms with E-state index >= 15 is 0 Å². The molecule has 0 aliphatic rings. The second-order valence-corrected chi connectivity index (χ2v) is 6.18. The summed E-state index contributed by atoms with van der Waals surface area (Å²) >= 11 is 0. The van der Waals surface area contributed by atoms with Crippen molar-refractivity contribution in [2.24, 2.45) is 0 Å². The Bertz CT molecular complexity index is 460. The standard InChI is InChI=1S/C13H19NO3S/c1-9-4-5-12(15)11(8-9)13(16)14-7-6-10(2)18(3)17/h4-5,8,10,15H,6-7H2,1-3H3,(H,14,16). The van der Waals surface area contributed by atoms with Gasteiger partial charge in [-0.05, 0) is 25.5 Å². The van der Waals surface area contributed by atoms with Crippen LogP contribution in [0.2, 0.25) is 0 Å². The van der Waals surface area contributed by atoms with E-state index in [4.69, 9.17) is 0 Å². The van der Waals surface area contributed by atoms with Gasteiger partial charge in [-0.2, -0.15) is 0 Å². The highest BCUT2D eigenvalue weighted by Gasteiger charge is 2.12. The van der Waals surface area contributed by atoms with Gasteiger partial charge in [0.05, 0.1) is 5.56 Å². The van der Waals surface area contributed by atoms with E-state index in [2.05, 4.69) is 5.32 Å². The molecule has 1 rings (SSSR count). The van der Waals surface area contributed by atoms with Crippen molar-refractivity contribution in [1.82, 2.24) is 5.32 Å². The number of nitrogens with one attached hydrogen (secondary N) is 1. The number of aromatic hydroxyl groups is 1. The van der Waals surface area contributed by atoms with Crippen molar-refractivity contribution in [2.75, 3.05) is 12.8 Å². The topological polar surface area (TPSA) is 66.4 Å². The largest absolute Gasteiger partial charge is 0.507 e. The SMILES string of the molecule is Cc1ccc(O)c(C(=O)NCCC(C)S(C)=O)c1. The van der Waals surface area contributed by atoms with E-state index in [1.54, 1.807) is 18.4 Å². The van der Waals surface area contributed by atoms with Gasteiger partial charge < -0.3 is 10.4 Å². The van der Waals surface area contributed by atoms with Crippen molar-refractivity contribution >= 4 is 16.7 Å². The first-order valence-corrected chi connectivity index (χ1v) is 7.44. The van der Waals surface area contributed by atoms with Gasteiger partial charge in [0.2, 0.25) is 0 Å². The van der Waals surface area contributed by atoms with Crippen LogP contribution < -0.4 is 5.32 Å². The highest BCUT2D eigenvalue weighted by molar-refractivity contribution is 7.84. The van der Waals surface area contributed by atoms with Crippen molar-refractivity contribution in [1.29, 1.82) is 0 Å². The molecule has 2 atom stereocenters. The summed E-state index contributed by atoms with van der Waals surface area (Å²) in [4.78, 5) is 11.8. The summed E-state index contributed by atoms with van der Waals surface area (Å²) in [7, 11) is -0.878. The number of aryl methyl sites for hydroxylation is 1. The predicted octanol–water partition coefficient (Wildman–Crippen LogP) is 1.59. The summed E-state index contributed by atoms with van der Waals surface area (Å²) in [5, 5.41) is 12.4. The van der Waals surface area contributed by atoms with Gasteiger partial charge in [-0.25, -0.2) is 0 Å². The Labute approximate surface area is 110 Å². The smallest absolute Gasteiger partial charge is 0.255 e. The molecule has 1 aromatic rings. The maximum Gasteiger partial charge on any atom is 0.255 e. The van der Waals surface area contributed by atoms with Gasteiger partial charge in [0.25, 0.3) is 5.91 Å². The molecule has 5 heteroatoms. The average molecular weight is 269 g/mol. The fraction of sp³-hybridized carbons (Fsp3) is 0.462. The summed E-state index contributed by atoms with van der Waals surface area (Å²) in [6, 6.07) is 4.90. The van der Waals surface area contributed by atoms with E-state index in [0.29, 0.717) is 13.0 Å². The van der Waals surface area contributed by atoms with Crippen LogP contribution in [0.3, 0.4) is 0 Å². The Morgan fingerprint density at radius 2 is 2.17 bits per heavy atom. The number of amides is 1. The summed E-state index contributed by atoms with van der Waals surface area (Å²) in [5.74, 6) is -0.324. The van der Waals surface area contributed by atoms with Crippen LogP contribution in [0.4, 0.5) is 0 Å². The van der Waals surface area contributed by atoms with Crippen molar-refractivity contribution in [3.05, 3.63) is 29.3 Å². The predicted molar refractivity (Wildman–Crippen MR) is 73.3 cm³/mol. The molecule has 100 valence electrons. The zero-order valence-electron chi connectivity index (χ0n) is 10.9. The molecule has 0 saturated heterocycles. The number of carbonyl (C=O) groups excluding carboxylic acids is 1. The van der Waals surface area contributed by atoms with Crippen LogP contribution in [-0.2, 0) is 10.8 Å². The van der Waals surface area contributed by atoms with Crippen LogP contribution in [0.15, 0.2) is 18.2 Å². The van der Waals surface area contributed by atoms with E-state index in [-0.39, 0.29) is 22.5 Å². The Morgan fingerprint density at radius 1 is 1.50 bits per heavy atom. The van der Waals surface area contributed by atoms with Gasteiger partial charge in [-0.15, -0.1) is 0 Å². The number of hydrogen-bond donors (Lipinski definition) is 2. The van der Waals surface area contributed by atoms with E-state index in [9.17, 15) is 14.1 Å². The Kier molecular flexibility index (Phi) is 5.34. The van der Waals surface area contributed by atoms with E-state index in [1.165, 1.54) is 6.07 Å². The van der Waals surface area contributed by atoms with Crippen molar-refractivity contribution < 1.29 is 14.1 Å². The molecular weight excluding hydrogens is 250 g/mol. The number of carbonyl (C=O) groups is 1. The Balaban J connectivity index is 2.55. The highest BCUT2D eigenvalue weighted by Crippen LogP contribution is 2.17. The lowest BCUT2D eigenvalue weighted by atomic mass is 10.1. The maximum atomic E-state index is 11.8. The highest BCUT2D eigenvalue weighted by atomic mass is 32.2. The molecule has 18 heavy (non-hydrogen) atoms. The Hall–Kier alpha value is -1.36. The molecular formula is C13H19NO3S. The molecule has 2 N–H and O–H groups in total. The number of phenols is 1. The molecule has 1 amide bonds. The fourth-order valence-electron chi connectivity index (χ4n) is 1.48. The van der Waals surface area contributed by atoms with E-state index in [1.807, 2.05) is 13.8 Å². The van der Waals surface area contributed by atoms with Crippen LogP contribution in [0.1, 0.15) is 29.3 Å². The molecule has 0 spiro atoms. The summed E-state index contributed by atoms with van der Waals surface area (Å²) in [6.45, 7) is 4.19. The number of rotatable bonds is 5. The molecule has 0 aliphatic carbocycles. The lowest BCUT2D eigenvalue weighted by molar-refractivity contribution is 0.0950. The van der Waals surface area contributed by atoms with Crippen molar-refractivity contribution in [3.8, 4) is 5.75 Å². The molecule has 2 unspecified atom stereocenters. The summed E-state index contributed by atoms with van der Waals surface area (Å²) < 4.78 is 11.1. The molecule has 0 bridgehead atoms. The quantitative estimate of drug-likeness (QED) is 0.853. The van der Waals surface area contributed by atoms with Crippen LogP contribution in [0, 0.1) is 6.92 Å². The molecule has 0 aromatic heterocycles. The van der Waals surface area contributed by atoms with Gasteiger partial charge in [-0.1, -0.05) is 18.6 Å². The van der Waals surface area contributed by atoms with Crippen molar-refractivity contribution in [3.63, 3.8) is 0 Å². The second-order valence-electron chi connectivity index (χ2n) is 4.37. The lowest BCUT2D eigenvalue weighted by Crippen LogP contribution is -2.27. The molecule has 0 saturated carbocycles. The molecule has 1 aromatic carbocycles. The number of hydrogen-bond acceptors (Lipinski definition) is 3. The van der Waals surface area contributed by atoms with Gasteiger partial charge in [0.15, 0.2) is 0 Å². The molecule has 4 nitrogen and oxygen atoms in total. The normalized spacial score (nSPS) is 13.9. The monoisotopic (exact) mass is 269 g/mol. The molecule has 0 fully saturated rings. The first-order chi connectivity index (χ1) is 8.41. The van der Waals surface area contributed by atoms with Gasteiger partial charge in [0, 0.05) is 28.9 Å².